The lowest BCUT2D eigenvalue weighted by atomic mass is 10.2. The van der Waals surface area contributed by atoms with Crippen molar-refractivity contribution in [3.63, 3.8) is 0 Å². The molecule has 94 valence electrons. The maximum Gasteiger partial charge on any atom is 0.160 e. The number of H-pyrrole nitrogens is 1. The Hall–Kier alpha value is -2.56. The van der Waals surface area contributed by atoms with E-state index >= 15 is 0 Å². The molecule has 1 aliphatic rings. The van der Waals surface area contributed by atoms with E-state index in [1.165, 1.54) is 0 Å². The van der Waals surface area contributed by atoms with Crippen LogP contribution in [0.2, 0.25) is 0 Å². The lowest BCUT2D eigenvalue weighted by Crippen LogP contribution is -2.15. The zero-order valence-electron chi connectivity index (χ0n) is 10.2. The van der Waals surface area contributed by atoms with Gasteiger partial charge in [0.25, 0.3) is 0 Å². The van der Waals surface area contributed by atoms with E-state index in [1.54, 1.807) is 6.26 Å². The number of nitrogens with zero attached hydrogens (tertiary/aromatic N) is 3. The Morgan fingerprint density at radius 1 is 1.26 bits per heavy atom. The predicted octanol–water partition coefficient (Wildman–Crippen LogP) is 2.37. The van der Waals surface area contributed by atoms with Gasteiger partial charge in [-0.25, -0.2) is 4.98 Å². The Morgan fingerprint density at radius 2 is 2.21 bits per heavy atom. The van der Waals surface area contributed by atoms with Crippen molar-refractivity contribution in [1.82, 2.24) is 19.9 Å². The Balaban J connectivity index is 1.81. The van der Waals surface area contributed by atoms with Crippen LogP contribution in [-0.4, -0.2) is 26.6 Å². The summed E-state index contributed by atoms with van der Waals surface area (Å²) in [6, 6.07) is 8.07. The van der Waals surface area contributed by atoms with Gasteiger partial charge in [0, 0.05) is 11.6 Å². The Labute approximate surface area is 109 Å². The van der Waals surface area contributed by atoms with Crippen molar-refractivity contribution in [3.8, 4) is 0 Å². The van der Waals surface area contributed by atoms with Gasteiger partial charge in [0.2, 0.25) is 0 Å². The van der Waals surface area contributed by atoms with Crippen LogP contribution in [0.15, 0.2) is 42.9 Å². The summed E-state index contributed by atoms with van der Waals surface area (Å²) in [5.74, 6) is 0.920. The highest BCUT2D eigenvalue weighted by atomic mass is 16.5. The second-order valence-corrected chi connectivity index (χ2v) is 4.55. The van der Waals surface area contributed by atoms with Crippen LogP contribution in [0.4, 0.5) is 0 Å². The highest BCUT2D eigenvalue weighted by Gasteiger charge is 2.11. The topological polar surface area (TPSA) is 54.0 Å². The molecule has 4 rings (SSSR count). The van der Waals surface area contributed by atoms with Gasteiger partial charge in [0.05, 0.1) is 23.8 Å². The number of nitrogens with one attached hydrogen (secondary N) is 1. The van der Waals surface area contributed by atoms with Crippen LogP contribution in [-0.2, 0) is 11.3 Å². The van der Waals surface area contributed by atoms with Gasteiger partial charge in [-0.1, -0.05) is 18.2 Å². The average molecular weight is 252 g/mol. The third-order valence-electron chi connectivity index (χ3n) is 3.24. The minimum atomic E-state index is 0.579. The van der Waals surface area contributed by atoms with Crippen LogP contribution >= 0.6 is 0 Å². The molecule has 0 saturated heterocycles. The zero-order chi connectivity index (χ0) is 12.7. The number of imidazole rings is 1. The van der Waals surface area contributed by atoms with Gasteiger partial charge in [-0.2, -0.15) is 0 Å². The van der Waals surface area contributed by atoms with Crippen LogP contribution < -0.4 is 0 Å². The number of rotatable bonds is 2. The fraction of sp³-hybridized carbons (Fsp3) is 0.143. The zero-order valence-corrected chi connectivity index (χ0v) is 10.2. The first-order chi connectivity index (χ1) is 9.40. The highest BCUT2D eigenvalue weighted by molar-refractivity contribution is 6.01. The third-order valence-corrected chi connectivity index (χ3v) is 3.24. The van der Waals surface area contributed by atoms with Crippen LogP contribution in [0, 0.1) is 0 Å². The molecule has 0 amide bonds. The maximum absolute atomic E-state index is 5.16. The van der Waals surface area contributed by atoms with Gasteiger partial charge in [-0.15, -0.1) is 0 Å². The molecule has 0 bridgehead atoms. The van der Waals surface area contributed by atoms with Crippen LogP contribution in [0.3, 0.4) is 0 Å². The van der Waals surface area contributed by atoms with Crippen molar-refractivity contribution in [2.24, 2.45) is 0 Å². The van der Waals surface area contributed by atoms with E-state index < -0.39 is 0 Å². The number of para-hydroxylation sites is 1. The van der Waals surface area contributed by atoms with Crippen molar-refractivity contribution in [3.05, 3.63) is 48.7 Å². The number of fused-ring (bicyclic) bond motifs is 3. The summed E-state index contributed by atoms with van der Waals surface area (Å²) in [6.45, 7) is 1.29. The summed E-state index contributed by atoms with van der Waals surface area (Å²) >= 11 is 0. The number of hydrogen-bond acceptors (Lipinski definition) is 4. The van der Waals surface area contributed by atoms with Crippen LogP contribution in [0.25, 0.3) is 21.9 Å². The number of ether oxygens (including phenoxy) is 1. The number of aromatic nitrogens is 3. The van der Waals surface area contributed by atoms with Crippen molar-refractivity contribution < 1.29 is 4.74 Å². The minimum absolute atomic E-state index is 0.579. The normalized spacial score (nSPS) is 14.4. The van der Waals surface area contributed by atoms with E-state index in [4.69, 9.17) is 4.74 Å². The second kappa shape index (κ2) is 3.98. The largest absolute Gasteiger partial charge is 0.479 e. The molecular weight excluding hydrogens is 240 g/mol. The van der Waals surface area contributed by atoms with Gasteiger partial charge < -0.3 is 14.6 Å². The summed E-state index contributed by atoms with van der Waals surface area (Å²) in [5, 5.41) is 1.10. The van der Waals surface area contributed by atoms with Crippen molar-refractivity contribution in [2.45, 2.75) is 6.54 Å². The van der Waals surface area contributed by atoms with Gasteiger partial charge in [0.1, 0.15) is 17.6 Å². The summed E-state index contributed by atoms with van der Waals surface area (Å²) in [6.07, 6.45) is 5.43. The summed E-state index contributed by atoms with van der Waals surface area (Å²) in [4.78, 5) is 14.4. The smallest absolute Gasteiger partial charge is 0.160 e. The van der Waals surface area contributed by atoms with Crippen LogP contribution in [0.1, 0.15) is 5.82 Å². The molecule has 0 unspecified atom stereocenters. The Kier molecular flexibility index (Phi) is 2.17. The predicted molar refractivity (Wildman–Crippen MR) is 72.0 cm³/mol. The summed E-state index contributed by atoms with van der Waals surface area (Å²) in [7, 11) is 0. The molecule has 0 saturated carbocycles. The molecule has 0 fully saturated rings. The number of pyridine rings is 1. The maximum atomic E-state index is 5.16. The first kappa shape index (κ1) is 10.4. The van der Waals surface area contributed by atoms with E-state index in [0.717, 1.165) is 27.8 Å². The molecule has 19 heavy (non-hydrogen) atoms. The number of hydrogen-bond donors (Lipinski definition) is 1. The quantitative estimate of drug-likeness (QED) is 0.760. The van der Waals surface area contributed by atoms with E-state index in [-0.39, 0.29) is 0 Å². The molecule has 3 heterocycles. The standard InChI is InChI=1S/C14H12N4O/c1-2-4-11-10(3-1)14-12(7-15-11)16-13(17-14)8-18-5-6-19-9-18/h1-7H,8-9H2,(H,16,17). The lowest BCUT2D eigenvalue weighted by Gasteiger charge is -2.10. The first-order valence-electron chi connectivity index (χ1n) is 6.15. The Morgan fingerprint density at radius 3 is 3.11 bits per heavy atom. The molecule has 1 aromatic carbocycles. The van der Waals surface area contributed by atoms with E-state index in [9.17, 15) is 0 Å². The van der Waals surface area contributed by atoms with E-state index in [1.807, 2.05) is 35.5 Å². The molecule has 2 aromatic heterocycles. The molecule has 1 aliphatic heterocycles. The van der Waals surface area contributed by atoms with Crippen molar-refractivity contribution in [1.29, 1.82) is 0 Å². The monoisotopic (exact) mass is 252 g/mol. The highest BCUT2D eigenvalue weighted by Crippen LogP contribution is 2.21. The van der Waals surface area contributed by atoms with Gasteiger partial charge in [-0.05, 0) is 6.07 Å². The number of benzene rings is 1. The molecular formula is C14H12N4O. The molecule has 0 aliphatic carbocycles. The van der Waals surface area contributed by atoms with Gasteiger partial charge in [-0.3, -0.25) is 4.98 Å². The summed E-state index contributed by atoms with van der Waals surface area (Å²) < 4.78 is 5.16. The van der Waals surface area contributed by atoms with Crippen molar-refractivity contribution in [2.75, 3.05) is 6.73 Å². The molecule has 1 N–H and O–H groups in total. The third kappa shape index (κ3) is 1.71. The van der Waals surface area contributed by atoms with Crippen molar-refractivity contribution >= 4 is 21.9 Å². The Bertz CT molecular complexity index is 777. The summed E-state index contributed by atoms with van der Waals surface area (Å²) in [5.41, 5.74) is 2.93. The molecule has 0 spiro atoms. The van der Waals surface area contributed by atoms with Gasteiger partial charge in [0.15, 0.2) is 6.73 Å². The average Bonchev–Trinajstić information content (AvgIpc) is 3.08. The van der Waals surface area contributed by atoms with E-state index in [0.29, 0.717) is 13.3 Å². The fourth-order valence-corrected chi connectivity index (χ4v) is 2.34. The second-order valence-electron chi connectivity index (χ2n) is 4.55. The molecule has 0 atom stereocenters. The SMILES string of the molecule is C1=CN(Cc2nc3cnc4ccccc4c3[nH]2)CO1. The lowest BCUT2D eigenvalue weighted by molar-refractivity contribution is 0.165. The molecule has 5 heteroatoms. The molecule has 3 aromatic rings. The fourth-order valence-electron chi connectivity index (χ4n) is 2.34. The number of aromatic amines is 1. The molecule has 5 nitrogen and oxygen atoms in total. The molecule has 0 radical (unpaired) electrons. The first-order valence-corrected chi connectivity index (χ1v) is 6.15. The van der Waals surface area contributed by atoms with Gasteiger partial charge >= 0.3 is 0 Å². The van der Waals surface area contributed by atoms with E-state index in [2.05, 4.69) is 21.0 Å². The van der Waals surface area contributed by atoms with Crippen LogP contribution in [0.5, 0.6) is 0 Å². The minimum Gasteiger partial charge on any atom is -0.479 e.